The van der Waals surface area contributed by atoms with Gasteiger partial charge in [0.2, 0.25) is 0 Å². The zero-order valence-corrected chi connectivity index (χ0v) is 8.06. The maximum atomic E-state index is 11.0. The second-order valence-corrected chi connectivity index (χ2v) is 2.93. The second kappa shape index (κ2) is 4.72. The molecular formula is C9H11ClN2O. The number of urea groups is 1. The quantitative estimate of drug-likeness (QED) is 0.664. The van der Waals surface area contributed by atoms with Crippen LogP contribution in [-0.4, -0.2) is 13.1 Å². The molecule has 13 heavy (non-hydrogen) atoms. The molecule has 0 fully saturated rings. The number of halogens is 1. The van der Waals surface area contributed by atoms with E-state index in [0.29, 0.717) is 17.2 Å². The molecule has 1 aliphatic rings. The summed E-state index contributed by atoms with van der Waals surface area (Å²) in [6, 6.07) is -0.253. The number of carbonyl (C=O) groups excluding carboxylic acids is 1. The SMILES string of the molecule is CNC(=O)NC1=C(Cl)C=CC=CC1. The van der Waals surface area contributed by atoms with Gasteiger partial charge in [-0.25, -0.2) is 4.79 Å². The molecule has 0 saturated carbocycles. The Labute approximate surface area is 82.1 Å². The Bertz CT molecular complexity index is 292. The van der Waals surface area contributed by atoms with E-state index in [-0.39, 0.29) is 6.03 Å². The molecule has 3 nitrogen and oxygen atoms in total. The Balaban J connectivity index is 2.71. The topological polar surface area (TPSA) is 41.1 Å². The van der Waals surface area contributed by atoms with Gasteiger partial charge in [-0.2, -0.15) is 0 Å². The molecule has 0 saturated heterocycles. The zero-order valence-electron chi connectivity index (χ0n) is 7.30. The van der Waals surface area contributed by atoms with Crippen molar-refractivity contribution in [3.05, 3.63) is 35.0 Å². The molecule has 0 bridgehead atoms. The van der Waals surface area contributed by atoms with Gasteiger partial charge in [-0.15, -0.1) is 0 Å². The highest BCUT2D eigenvalue weighted by Crippen LogP contribution is 2.15. The highest BCUT2D eigenvalue weighted by Gasteiger charge is 2.05. The maximum Gasteiger partial charge on any atom is 0.318 e. The molecule has 0 radical (unpaired) electrons. The molecular weight excluding hydrogens is 188 g/mol. The minimum atomic E-state index is -0.253. The van der Waals surface area contributed by atoms with Crippen molar-refractivity contribution in [2.24, 2.45) is 0 Å². The Morgan fingerprint density at radius 3 is 3.00 bits per heavy atom. The first-order valence-corrected chi connectivity index (χ1v) is 4.32. The number of allylic oxidation sites excluding steroid dienone is 5. The van der Waals surface area contributed by atoms with E-state index in [4.69, 9.17) is 11.6 Å². The fourth-order valence-corrected chi connectivity index (χ4v) is 1.11. The summed E-state index contributed by atoms with van der Waals surface area (Å²) in [5.41, 5.74) is 0.714. The van der Waals surface area contributed by atoms with Crippen molar-refractivity contribution in [3.63, 3.8) is 0 Å². The number of hydrogen-bond acceptors (Lipinski definition) is 1. The number of nitrogens with one attached hydrogen (secondary N) is 2. The molecule has 1 aliphatic carbocycles. The molecule has 0 aliphatic heterocycles. The minimum absolute atomic E-state index is 0.253. The predicted octanol–water partition coefficient (Wildman–Crippen LogP) is 1.88. The van der Waals surface area contributed by atoms with E-state index in [2.05, 4.69) is 10.6 Å². The summed E-state index contributed by atoms with van der Waals surface area (Å²) in [4.78, 5) is 11.0. The van der Waals surface area contributed by atoms with E-state index < -0.39 is 0 Å². The third-order valence-electron chi connectivity index (χ3n) is 1.59. The molecule has 0 atom stereocenters. The van der Waals surface area contributed by atoms with Gasteiger partial charge in [0.25, 0.3) is 0 Å². The van der Waals surface area contributed by atoms with Crippen molar-refractivity contribution < 1.29 is 4.79 Å². The van der Waals surface area contributed by atoms with Crippen LogP contribution in [0.25, 0.3) is 0 Å². The van der Waals surface area contributed by atoms with Crippen LogP contribution in [0.3, 0.4) is 0 Å². The fourth-order valence-electron chi connectivity index (χ4n) is 0.913. The molecule has 70 valence electrons. The van der Waals surface area contributed by atoms with Crippen molar-refractivity contribution in [1.82, 2.24) is 10.6 Å². The summed E-state index contributed by atoms with van der Waals surface area (Å²) < 4.78 is 0. The molecule has 0 heterocycles. The van der Waals surface area contributed by atoms with Crippen LogP contribution < -0.4 is 10.6 Å². The third-order valence-corrected chi connectivity index (χ3v) is 1.95. The summed E-state index contributed by atoms with van der Waals surface area (Å²) in [5, 5.41) is 5.68. The Hall–Kier alpha value is -1.22. The third kappa shape index (κ3) is 2.95. The van der Waals surface area contributed by atoms with E-state index in [9.17, 15) is 4.79 Å². The summed E-state index contributed by atoms with van der Waals surface area (Å²) in [6.45, 7) is 0. The monoisotopic (exact) mass is 198 g/mol. The molecule has 0 aromatic rings. The molecule has 2 amide bonds. The second-order valence-electron chi connectivity index (χ2n) is 2.52. The average molecular weight is 199 g/mol. The number of carbonyl (C=O) groups is 1. The van der Waals surface area contributed by atoms with Gasteiger partial charge >= 0.3 is 6.03 Å². The van der Waals surface area contributed by atoms with Gasteiger partial charge in [-0.1, -0.05) is 29.8 Å². The lowest BCUT2D eigenvalue weighted by Gasteiger charge is -2.07. The molecule has 2 N–H and O–H groups in total. The van der Waals surface area contributed by atoms with Crippen LogP contribution in [0, 0.1) is 0 Å². The lowest BCUT2D eigenvalue weighted by molar-refractivity contribution is 0.245. The van der Waals surface area contributed by atoms with E-state index >= 15 is 0 Å². The van der Waals surface area contributed by atoms with Crippen molar-refractivity contribution in [1.29, 1.82) is 0 Å². The van der Waals surface area contributed by atoms with Crippen molar-refractivity contribution in [3.8, 4) is 0 Å². The van der Waals surface area contributed by atoms with Crippen LogP contribution in [-0.2, 0) is 0 Å². The standard InChI is InChI=1S/C9H11ClN2O/c1-11-9(13)12-8-6-4-2-3-5-7(8)10/h2-5H,6H2,1H3,(H2,11,12,13). The number of hydrogen-bond donors (Lipinski definition) is 2. The smallest absolute Gasteiger partial charge is 0.318 e. The highest BCUT2D eigenvalue weighted by molar-refractivity contribution is 6.31. The molecule has 0 aromatic carbocycles. The highest BCUT2D eigenvalue weighted by atomic mass is 35.5. The van der Waals surface area contributed by atoms with Gasteiger partial charge in [0, 0.05) is 19.2 Å². The summed E-state index contributed by atoms with van der Waals surface area (Å²) in [7, 11) is 1.56. The van der Waals surface area contributed by atoms with Gasteiger partial charge in [0.15, 0.2) is 0 Å². The molecule has 0 unspecified atom stereocenters. The Morgan fingerprint density at radius 2 is 2.31 bits per heavy atom. The van der Waals surface area contributed by atoms with Crippen molar-refractivity contribution >= 4 is 17.6 Å². The van der Waals surface area contributed by atoms with Gasteiger partial charge in [-0.05, 0) is 6.08 Å². The van der Waals surface area contributed by atoms with Gasteiger partial charge in [-0.3, -0.25) is 0 Å². The van der Waals surface area contributed by atoms with Crippen LogP contribution in [0.15, 0.2) is 35.0 Å². The molecule has 1 rings (SSSR count). The van der Waals surface area contributed by atoms with Crippen molar-refractivity contribution in [2.45, 2.75) is 6.42 Å². The lowest BCUT2D eigenvalue weighted by Crippen LogP contribution is -2.32. The van der Waals surface area contributed by atoms with Crippen LogP contribution in [0.4, 0.5) is 4.79 Å². The first kappa shape index (κ1) is 9.86. The average Bonchev–Trinajstić information content (AvgIpc) is 2.32. The molecule has 0 aromatic heterocycles. The van der Waals surface area contributed by atoms with Crippen LogP contribution in [0.2, 0.25) is 0 Å². The number of amides is 2. The fraction of sp³-hybridized carbons (Fsp3) is 0.222. The Kier molecular flexibility index (Phi) is 3.58. The van der Waals surface area contributed by atoms with Gasteiger partial charge in [0.05, 0.1) is 5.03 Å². The van der Waals surface area contributed by atoms with E-state index in [0.717, 1.165) is 0 Å². The van der Waals surface area contributed by atoms with Crippen LogP contribution in [0.5, 0.6) is 0 Å². The zero-order chi connectivity index (χ0) is 9.68. The summed E-state index contributed by atoms with van der Waals surface area (Å²) in [6.07, 6.45) is 8.04. The lowest BCUT2D eigenvalue weighted by atomic mass is 10.3. The molecule has 0 spiro atoms. The minimum Gasteiger partial charge on any atom is -0.341 e. The predicted molar refractivity (Wildman–Crippen MR) is 53.4 cm³/mol. The Morgan fingerprint density at radius 1 is 1.54 bits per heavy atom. The first-order chi connectivity index (χ1) is 6.24. The first-order valence-electron chi connectivity index (χ1n) is 3.94. The largest absolute Gasteiger partial charge is 0.341 e. The van der Waals surface area contributed by atoms with E-state index in [1.165, 1.54) is 0 Å². The normalized spacial score (nSPS) is 15.5. The van der Waals surface area contributed by atoms with Gasteiger partial charge in [0.1, 0.15) is 0 Å². The maximum absolute atomic E-state index is 11.0. The number of rotatable bonds is 1. The van der Waals surface area contributed by atoms with Gasteiger partial charge < -0.3 is 10.6 Å². The summed E-state index contributed by atoms with van der Waals surface area (Å²) in [5.74, 6) is 0. The van der Waals surface area contributed by atoms with Crippen LogP contribution >= 0.6 is 11.6 Å². The van der Waals surface area contributed by atoms with E-state index in [1.807, 2.05) is 18.2 Å². The van der Waals surface area contributed by atoms with E-state index in [1.54, 1.807) is 13.1 Å². The van der Waals surface area contributed by atoms with Crippen molar-refractivity contribution in [2.75, 3.05) is 7.05 Å². The summed E-state index contributed by atoms with van der Waals surface area (Å²) >= 11 is 5.90. The molecule has 4 heteroatoms. The van der Waals surface area contributed by atoms with Crippen LogP contribution in [0.1, 0.15) is 6.42 Å².